The van der Waals surface area contributed by atoms with Gasteiger partial charge in [0.1, 0.15) is 0 Å². The normalized spacial score (nSPS) is 16.0. The second-order valence-corrected chi connectivity index (χ2v) is 5.63. The van der Waals surface area contributed by atoms with Crippen molar-refractivity contribution in [3.8, 4) is 0 Å². The predicted octanol–water partition coefficient (Wildman–Crippen LogP) is 4.37. The summed E-state index contributed by atoms with van der Waals surface area (Å²) in [5.74, 6) is 3.13. The first kappa shape index (κ1) is 15.0. The minimum atomic E-state index is 0.781. The molecule has 2 atom stereocenters. The standard InChI is InChI=1S/C14H30O/c1-11(2)13(5)7-9-15-10-8-14(6)12(3)4/h11-14H,7-10H2,1-6H3. The molecule has 0 aliphatic rings. The molecule has 15 heavy (non-hydrogen) atoms. The van der Waals surface area contributed by atoms with Crippen molar-refractivity contribution in [2.24, 2.45) is 23.7 Å². The molecular formula is C14H30O. The van der Waals surface area contributed by atoms with E-state index in [-0.39, 0.29) is 0 Å². The van der Waals surface area contributed by atoms with Crippen molar-refractivity contribution in [3.05, 3.63) is 0 Å². The van der Waals surface area contributed by atoms with Crippen LogP contribution in [-0.4, -0.2) is 13.2 Å². The molecule has 1 heteroatoms. The van der Waals surface area contributed by atoms with Crippen LogP contribution in [0.5, 0.6) is 0 Å². The number of ether oxygens (including phenoxy) is 1. The quantitative estimate of drug-likeness (QED) is 0.545. The van der Waals surface area contributed by atoms with Gasteiger partial charge in [-0.15, -0.1) is 0 Å². The minimum absolute atomic E-state index is 0.781. The van der Waals surface area contributed by atoms with Gasteiger partial charge in [0.25, 0.3) is 0 Å². The van der Waals surface area contributed by atoms with Crippen molar-refractivity contribution in [1.29, 1.82) is 0 Å². The number of hydrogen-bond donors (Lipinski definition) is 0. The third-order valence-electron chi connectivity index (χ3n) is 3.71. The molecule has 0 rings (SSSR count). The third-order valence-corrected chi connectivity index (χ3v) is 3.71. The molecule has 0 saturated heterocycles. The summed E-state index contributed by atoms with van der Waals surface area (Å²) in [5, 5.41) is 0. The average molecular weight is 214 g/mol. The van der Waals surface area contributed by atoms with Crippen molar-refractivity contribution >= 4 is 0 Å². The first-order valence-electron chi connectivity index (χ1n) is 6.52. The molecule has 0 aliphatic heterocycles. The Labute approximate surface area is 96.6 Å². The Morgan fingerprint density at radius 3 is 1.27 bits per heavy atom. The van der Waals surface area contributed by atoms with Crippen molar-refractivity contribution in [2.45, 2.75) is 54.4 Å². The Hall–Kier alpha value is -0.0400. The fourth-order valence-electron chi connectivity index (χ4n) is 1.31. The van der Waals surface area contributed by atoms with Gasteiger partial charge in [-0.2, -0.15) is 0 Å². The van der Waals surface area contributed by atoms with E-state index >= 15 is 0 Å². The van der Waals surface area contributed by atoms with Crippen LogP contribution >= 0.6 is 0 Å². The van der Waals surface area contributed by atoms with Crippen LogP contribution in [0.3, 0.4) is 0 Å². The summed E-state index contributed by atoms with van der Waals surface area (Å²) in [6.45, 7) is 15.6. The third kappa shape index (κ3) is 7.84. The summed E-state index contributed by atoms with van der Waals surface area (Å²) in [6.07, 6.45) is 2.40. The number of rotatable bonds is 8. The highest BCUT2D eigenvalue weighted by molar-refractivity contribution is 4.58. The molecule has 0 bridgehead atoms. The van der Waals surface area contributed by atoms with Crippen LogP contribution in [-0.2, 0) is 4.74 Å². The summed E-state index contributed by atoms with van der Waals surface area (Å²) >= 11 is 0. The van der Waals surface area contributed by atoms with E-state index in [1.54, 1.807) is 0 Å². The van der Waals surface area contributed by atoms with Gasteiger partial charge in [0.05, 0.1) is 0 Å². The van der Waals surface area contributed by atoms with E-state index in [0.717, 1.165) is 36.9 Å². The first-order valence-corrected chi connectivity index (χ1v) is 6.52. The molecular weight excluding hydrogens is 184 g/mol. The highest BCUT2D eigenvalue weighted by Gasteiger charge is 2.08. The second kappa shape index (κ2) is 8.15. The smallest absolute Gasteiger partial charge is 0.0468 e. The van der Waals surface area contributed by atoms with Crippen LogP contribution in [0.2, 0.25) is 0 Å². The lowest BCUT2D eigenvalue weighted by Gasteiger charge is -2.17. The van der Waals surface area contributed by atoms with E-state index < -0.39 is 0 Å². The van der Waals surface area contributed by atoms with Crippen LogP contribution in [0.1, 0.15) is 54.4 Å². The van der Waals surface area contributed by atoms with Gasteiger partial charge >= 0.3 is 0 Å². The Morgan fingerprint density at radius 2 is 1.00 bits per heavy atom. The zero-order valence-electron chi connectivity index (χ0n) is 11.5. The van der Waals surface area contributed by atoms with Gasteiger partial charge in [0.2, 0.25) is 0 Å². The van der Waals surface area contributed by atoms with Crippen molar-refractivity contribution < 1.29 is 4.74 Å². The van der Waals surface area contributed by atoms with Crippen LogP contribution in [0, 0.1) is 23.7 Å². The lowest BCUT2D eigenvalue weighted by atomic mass is 9.95. The van der Waals surface area contributed by atoms with E-state index in [9.17, 15) is 0 Å². The Balaban J connectivity index is 3.32. The van der Waals surface area contributed by atoms with E-state index in [2.05, 4.69) is 41.5 Å². The Morgan fingerprint density at radius 1 is 0.667 bits per heavy atom. The number of hydrogen-bond acceptors (Lipinski definition) is 1. The molecule has 0 saturated carbocycles. The Kier molecular flexibility index (Phi) is 8.13. The van der Waals surface area contributed by atoms with Crippen molar-refractivity contribution in [2.75, 3.05) is 13.2 Å². The molecule has 2 unspecified atom stereocenters. The van der Waals surface area contributed by atoms with Gasteiger partial charge in [0, 0.05) is 13.2 Å². The van der Waals surface area contributed by atoms with E-state index in [0.29, 0.717) is 0 Å². The minimum Gasteiger partial charge on any atom is -0.381 e. The predicted molar refractivity (Wildman–Crippen MR) is 68.1 cm³/mol. The van der Waals surface area contributed by atoms with Gasteiger partial charge in [-0.25, -0.2) is 0 Å². The van der Waals surface area contributed by atoms with Crippen LogP contribution in [0.15, 0.2) is 0 Å². The maximum atomic E-state index is 5.68. The van der Waals surface area contributed by atoms with E-state index in [1.807, 2.05) is 0 Å². The van der Waals surface area contributed by atoms with Crippen LogP contribution in [0.25, 0.3) is 0 Å². The van der Waals surface area contributed by atoms with Crippen molar-refractivity contribution in [1.82, 2.24) is 0 Å². The van der Waals surface area contributed by atoms with E-state index in [4.69, 9.17) is 4.74 Å². The molecule has 1 nitrogen and oxygen atoms in total. The molecule has 0 heterocycles. The van der Waals surface area contributed by atoms with Gasteiger partial charge in [0.15, 0.2) is 0 Å². The lowest BCUT2D eigenvalue weighted by molar-refractivity contribution is 0.100. The second-order valence-electron chi connectivity index (χ2n) is 5.63. The summed E-state index contributed by atoms with van der Waals surface area (Å²) in [5.41, 5.74) is 0. The molecule has 0 fully saturated rings. The van der Waals surface area contributed by atoms with Crippen LogP contribution in [0.4, 0.5) is 0 Å². The molecule has 0 aliphatic carbocycles. The summed E-state index contributed by atoms with van der Waals surface area (Å²) in [7, 11) is 0. The summed E-state index contributed by atoms with van der Waals surface area (Å²) in [6, 6.07) is 0. The highest BCUT2D eigenvalue weighted by Crippen LogP contribution is 2.15. The molecule has 0 aromatic carbocycles. The van der Waals surface area contributed by atoms with Gasteiger partial charge in [-0.05, 0) is 36.5 Å². The topological polar surface area (TPSA) is 9.23 Å². The fourth-order valence-corrected chi connectivity index (χ4v) is 1.31. The highest BCUT2D eigenvalue weighted by atomic mass is 16.5. The van der Waals surface area contributed by atoms with Gasteiger partial charge in [-0.3, -0.25) is 0 Å². The lowest BCUT2D eigenvalue weighted by Crippen LogP contribution is -2.11. The van der Waals surface area contributed by atoms with E-state index in [1.165, 1.54) is 12.8 Å². The molecule has 0 radical (unpaired) electrons. The molecule has 0 N–H and O–H groups in total. The zero-order chi connectivity index (χ0) is 11.8. The Bertz CT molecular complexity index is 124. The fraction of sp³-hybridized carbons (Fsp3) is 1.00. The average Bonchev–Trinajstić information content (AvgIpc) is 2.16. The zero-order valence-corrected chi connectivity index (χ0v) is 11.5. The van der Waals surface area contributed by atoms with Crippen molar-refractivity contribution in [3.63, 3.8) is 0 Å². The maximum Gasteiger partial charge on any atom is 0.0468 e. The monoisotopic (exact) mass is 214 g/mol. The molecule has 0 spiro atoms. The van der Waals surface area contributed by atoms with Crippen LogP contribution < -0.4 is 0 Å². The molecule has 0 aromatic rings. The largest absolute Gasteiger partial charge is 0.381 e. The summed E-state index contributed by atoms with van der Waals surface area (Å²) < 4.78 is 5.68. The first-order chi connectivity index (χ1) is 6.95. The molecule has 0 aromatic heterocycles. The summed E-state index contributed by atoms with van der Waals surface area (Å²) in [4.78, 5) is 0. The van der Waals surface area contributed by atoms with Gasteiger partial charge in [-0.1, -0.05) is 41.5 Å². The molecule has 92 valence electrons. The molecule has 0 amide bonds. The van der Waals surface area contributed by atoms with Gasteiger partial charge < -0.3 is 4.74 Å². The SMILES string of the molecule is CC(C)C(C)CCOCCC(C)C(C)C. The maximum absolute atomic E-state index is 5.68.